The second-order valence-electron chi connectivity index (χ2n) is 6.08. The quantitative estimate of drug-likeness (QED) is 0.697. The van der Waals surface area contributed by atoms with Crippen molar-refractivity contribution in [3.63, 3.8) is 0 Å². The standard InChI is InChI=1S/C20H26N2O2/c1-15-10-11-18(16(2)13-15)22-20(24)14-21-19(9-6-12-23)17-7-4-3-5-8-17/h3-5,7-8,10-11,13,19,21,23H,6,9,12,14H2,1-2H3,(H,22,24). The number of carbonyl (C=O) groups excluding carboxylic acids is 1. The summed E-state index contributed by atoms with van der Waals surface area (Å²) < 4.78 is 0. The zero-order valence-corrected chi connectivity index (χ0v) is 14.4. The van der Waals surface area contributed by atoms with Gasteiger partial charge in [-0.1, -0.05) is 48.0 Å². The van der Waals surface area contributed by atoms with E-state index < -0.39 is 0 Å². The van der Waals surface area contributed by atoms with Gasteiger partial charge in [-0.05, 0) is 43.9 Å². The fourth-order valence-electron chi connectivity index (χ4n) is 2.73. The van der Waals surface area contributed by atoms with E-state index in [1.807, 2.05) is 56.3 Å². The van der Waals surface area contributed by atoms with E-state index >= 15 is 0 Å². The maximum Gasteiger partial charge on any atom is 0.238 e. The van der Waals surface area contributed by atoms with Gasteiger partial charge in [0, 0.05) is 18.3 Å². The average Bonchev–Trinajstić information content (AvgIpc) is 2.58. The lowest BCUT2D eigenvalue weighted by Crippen LogP contribution is -2.31. The molecule has 4 heteroatoms. The lowest BCUT2D eigenvalue weighted by atomic mass is 10.0. The molecule has 0 saturated heterocycles. The number of nitrogens with one attached hydrogen (secondary N) is 2. The molecule has 0 bridgehead atoms. The Kier molecular flexibility index (Phi) is 6.97. The number of carbonyl (C=O) groups is 1. The SMILES string of the molecule is Cc1ccc(NC(=O)CNC(CCCO)c2ccccc2)c(C)c1. The van der Waals surface area contributed by atoms with Gasteiger partial charge in [-0.15, -0.1) is 0 Å². The van der Waals surface area contributed by atoms with E-state index in [0.717, 1.165) is 23.2 Å². The summed E-state index contributed by atoms with van der Waals surface area (Å²) in [5, 5.41) is 15.3. The molecule has 0 aliphatic rings. The molecule has 128 valence electrons. The van der Waals surface area contributed by atoms with E-state index in [-0.39, 0.29) is 25.1 Å². The van der Waals surface area contributed by atoms with Gasteiger partial charge in [0.1, 0.15) is 0 Å². The highest BCUT2D eigenvalue weighted by Gasteiger charge is 2.12. The number of aliphatic hydroxyl groups is 1. The largest absolute Gasteiger partial charge is 0.396 e. The van der Waals surface area contributed by atoms with Crippen LogP contribution in [0.25, 0.3) is 0 Å². The zero-order valence-electron chi connectivity index (χ0n) is 14.4. The van der Waals surface area contributed by atoms with Crippen LogP contribution in [0.2, 0.25) is 0 Å². The molecule has 0 radical (unpaired) electrons. The van der Waals surface area contributed by atoms with Crippen LogP contribution < -0.4 is 10.6 Å². The summed E-state index contributed by atoms with van der Waals surface area (Å²) in [7, 11) is 0. The molecule has 2 aromatic carbocycles. The minimum absolute atomic E-state index is 0.0585. The number of hydrogen-bond acceptors (Lipinski definition) is 3. The number of anilines is 1. The number of hydrogen-bond donors (Lipinski definition) is 3. The Balaban J connectivity index is 1.94. The molecule has 0 aromatic heterocycles. The Morgan fingerprint density at radius 3 is 2.54 bits per heavy atom. The van der Waals surface area contributed by atoms with E-state index in [2.05, 4.69) is 16.7 Å². The first-order valence-electron chi connectivity index (χ1n) is 8.36. The van der Waals surface area contributed by atoms with Crippen molar-refractivity contribution in [1.29, 1.82) is 0 Å². The zero-order chi connectivity index (χ0) is 17.4. The van der Waals surface area contributed by atoms with Crippen LogP contribution in [0, 0.1) is 13.8 Å². The number of benzene rings is 2. The smallest absolute Gasteiger partial charge is 0.238 e. The summed E-state index contributed by atoms with van der Waals surface area (Å²) in [6.07, 6.45) is 1.49. The lowest BCUT2D eigenvalue weighted by molar-refractivity contribution is -0.115. The molecule has 1 amide bonds. The topological polar surface area (TPSA) is 61.4 Å². The van der Waals surface area contributed by atoms with Crippen LogP contribution in [0.15, 0.2) is 48.5 Å². The maximum absolute atomic E-state index is 12.2. The predicted molar refractivity (Wildman–Crippen MR) is 98.1 cm³/mol. The Morgan fingerprint density at radius 1 is 1.12 bits per heavy atom. The molecule has 0 aliphatic carbocycles. The van der Waals surface area contributed by atoms with Gasteiger partial charge in [0.15, 0.2) is 0 Å². The van der Waals surface area contributed by atoms with Gasteiger partial charge in [0.2, 0.25) is 5.91 Å². The van der Waals surface area contributed by atoms with E-state index in [0.29, 0.717) is 6.42 Å². The van der Waals surface area contributed by atoms with Gasteiger partial charge in [-0.25, -0.2) is 0 Å². The number of aliphatic hydroxyl groups excluding tert-OH is 1. The first-order chi connectivity index (χ1) is 11.6. The van der Waals surface area contributed by atoms with Crippen molar-refractivity contribution < 1.29 is 9.90 Å². The van der Waals surface area contributed by atoms with E-state index in [1.54, 1.807) is 0 Å². The van der Waals surface area contributed by atoms with E-state index in [9.17, 15) is 4.79 Å². The molecule has 3 N–H and O–H groups in total. The summed E-state index contributed by atoms with van der Waals surface area (Å²) in [5.74, 6) is -0.0631. The highest BCUT2D eigenvalue weighted by Crippen LogP contribution is 2.18. The predicted octanol–water partition coefficient (Wildman–Crippen LogP) is 3.35. The van der Waals surface area contributed by atoms with Crippen molar-refractivity contribution in [3.05, 3.63) is 65.2 Å². The Morgan fingerprint density at radius 2 is 1.88 bits per heavy atom. The molecule has 0 heterocycles. The molecule has 2 rings (SSSR count). The molecule has 1 atom stereocenters. The van der Waals surface area contributed by atoms with Gasteiger partial charge in [0.25, 0.3) is 0 Å². The third-order valence-electron chi connectivity index (χ3n) is 4.02. The summed E-state index contributed by atoms with van der Waals surface area (Å²) in [5.41, 5.74) is 4.21. The molecule has 2 aromatic rings. The van der Waals surface area contributed by atoms with Crippen molar-refractivity contribution in [1.82, 2.24) is 5.32 Å². The molecule has 0 aliphatic heterocycles. The number of aryl methyl sites for hydroxylation is 2. The molecule has 0 fully saturated rings. The van der Waals surface area contributed by atoms with Crippen LogP contribution in [0.3, 0.4) is 0 Å². The normalized spacial score (nSPS) is 12.0. The first-order valence-corrected chi connectivity index (χ1v) is 8.36. The summed E-state index contributed by atoms with van der Waals surface area (Å²) in [6.45, 7) is 4.41. The monoisotopic (exact) mass is 326 g/mol. The summed E-state index contributed by atoms with van der Waals surface area (Å²) in [6, 6.07) is 16.1. The van der Waals surface area contributed by atoms with E-state index in [4.69, 9.17) is 5.11 Å². The fourth-order valence-corrected chi connectivity index (χ4v) is 2.73. The number of amides is 1. The van der Waals surface area contributed by atoms with Crippen LogP contribution in [0.4, 0.5) is 5.69 Å². The molecule has 0 spiro atoms. The minimum atomic E-state index is -0.0631. The fraction of sp³-hybridized carbons (Fsp3) is 0.350. The lowest BCUT2D eigenvalue weighted by Gasteiger charge is -2.19. The maximum atomic E-state index is 12.2. The average molecular weight is 326 g/mol. The van der Waals surface area contributed by atoms with Gasteiger partial charge in [-0.3, -0.25) is 4.79 Å². The van der Waals surface area contributed by atoms with Gasteiger partial charge < -0.3 is 15.7 Å². The van der Waals surface area contributed by atoms with Gasteiger partial charge >= 0.3 is 0 Å². The van der Waals surface area contributed by atoms with Crippen LogP contribution in [-0.2, 0) is 4.79 Å². The minimum Gasteiger partial charge on any atom is -0.396 e. The van der Waals surface area contributed by atoms with Crippen molar-refractivity contribution in [2.45, 2.75) is 32.7 Å². The van der Waals surface area contributed by atoms with Crippen molar-refractivity contribution in [2.24, 2.45) is 0 Å². The second kappa shape index (κ2) is 9.21. The summed E-state index contributed by atoms with van der Waals surface area (Å²) >= 11 is 0. The summed E-state index contributed by atoms with van der Waals surface area (Å²) in [4.78, 5) is 12.2. The molecule has 24 heavy (non-hydrogen) atoms. The van der Waals surface area contributed by atoms with Crippen LogP contribution >= 0.6 is 0 Å². The van der Waals surface area contributed by atoms with Crippen molar-refractivity contribution in [2.75, 3.05) is 18.5 Å². The van der Waals surface area contributed by atoms with Crippen LogP contribution in [-0.4, -0.2) is 24.2 Å². The molecule has 4 nitrogen and oxygen atoms in total. The molecular weight excluding hydrogens is 300 g/mol. The molecule has 1 unspecified atom stereocenters. The van der Waals surface area contributed by atoms with Crippen molar-refractivity contribution >= 4 is 11.6 Å². The molecular formula is C20H26N2O2. The first kappa shape index (κ1) is 18.2. The number of rotatable bonds is 8. The van der Waals surface area contributed by atoms with Gasteiger partial charge in [0.05, 0.1) is 6.54 Å². The Bertz CT molecular complexity index is 656. The van der Waals surface area contributed by atoms with Crippen LogP contribution in [0.1, 0.15) is 35.6 Å². The third kappa shape index (κ3) is 5.48. The second-order valence-corrected chi connectivity index (χ2v) is 6.08. The highest BCUT2D eigenvalue weighted by atomic mass is 16.2. The van der Waals surface area contributed by atoms with E-state index in [1.165, 1.54) is 5.56 Å². The Hall–Kier alpha value is -2.17. The Labute approximate surface area is 143 Å². The third-order valence-corrected chi connectivity index (χ3v) is 4.02. The molecule has 0 saturated carbocycles. The highest BCUT2D eigenvalue weighted by molar-refractivity contribution is 5.93. The van der Waals surface area contributed by atoms with Crippen molar-refractivity contribution in [3.8, 4) is 0 Å². The van der Waals surface area contributed by atoms with Crippen LogP contribution in [0.5, 0.6) is 0 Å². The van der Waals surface area contributed by atoms with Gasteiger partial charge in [-0.2, -0.15) is 0 Å².